The van der Waals surface area contributed by atoms with Gasteiger partial charge in [0.2, 0.25) is 0 Å². The minimum atomic E-state index is 0.00824. The Morgan fingerprint density at radius 1 is 1.29 bits per heavy atom. The quantitative estimate of drug-likeness (QED) is 0.914. The highest BCUT2D eigenvalue weighted by Gasteiger charge is 2.19. The fourth-order valence-corrected chi connectivity index (χ4v) is 3.72. The summed E-state index contributed by atoms with van der Waals surface area (Å²) in [6.07, 6.45) is 2.87. The molecule has 0 spiro atoms. The second-order valence-corrected chi connectivity index (χ2v) is 6.48. The van der Waals surface area contributed by atoms with Gasteiger partial charge in [-0.2, -0.15) is 0 Å². The Balaban J connectivity index is 2.39. The molecule has 5 heteroatoms. The fraction of sp³-hybridized carbons (Fsp3) is 0.562. The highest BCUT2D eigenvalue weighted by Crippen LogP contribution is 2.31. The summed E-state index contributed by atoms with van der Waals surface area (Å²) in [5, 5.41) is 4.10. The van der Waals surface area contributed by atoms with Crippen molar-refractivity contribution in [3.8, 4) is 0 Å². The number of carbonyl (C=O) groups is 1. The molecule has 1 N–H and O–H groups in total. The van der Waals surface area contributed by atoms with Crippen molar-refractivity contribution in [2.24, 2.45) is 0 Å². The Hall–Kier alpha value is -1.49. The molecule has 1 amide bonds. The summed E-state index contributed by atoms with van der Waals surface area (Å²) in [7, 11) is 0. The maximum atomic E-state index is 12.4. The SMILES string of the molecule is CCC[C@H](C)NC(=O)c1sc2nc(CC)nc(C)c2c1C. The van der Waals surface area contributed by atoms with E-state index in [2.05, 4.69) is 22.2 Å². The number of thiophene rings is 1. The molecule has 0 fully saturated rings. The van der Waals surface area contributed by atoms with Crippen LogP contribution >= 0.6 is 11.3 Å². The standard InChI is InChI=1S/C16H23N3OS/c1-6-8-9(3)17-15(20)14-10(4)13-11(5)18-12(7-2)19-16(13)21-14/h9H,6-8H2,1-5H3,(H,17,20)/t9-/m0/s1. The predicted octanol–water partition coefficient (Wildman–Crippen LogP) is 3.79. The first-order chi connectivity index (χ1) is 9.97. The summed E-state index contributed by atoms with van der Waals surface area (Å²) in [6, 6.07) is 0.200. The Labute approximate surface area is 130 Å². The largest absolute Gasteiger partial charge is 0.349 e. The molecule has 0 radical (unpaired) electrons. The van der Waals surface area contributed by atoms with Crippen LogP contribution in [0, 0.1) is 13.8 Å². The van der Waals surface area contributed by atoms with E-state index in [0.29, 0.717) is 0 Å². The van der Waals surface area contributed by atoms with Gasteiger partial charge in [-0.05, 0) is 32.8 Å². The molecule has 0 aromatic carbocycles. The van der Waals surface area contributed by atoms with Crippen molar-refractivity contribution in [3.05, 3.63) is 22.0 Å². The fourth-order valence-electron chi connectivity index (χ4n) is 2.56. The van der Waals surface area contributed by atoms with Crippen LogP contribution in [0.3, 0.4) is 0 Å². The molecule has 4 nitrogen and oxygen atoms in total. The second kappa shape index (κ2) is 6.52. The number of rotatable bonds is 5. The highest BCUT2D eigenvalue weighted by atomic mass is 32.1. The Morgan fingerprint density at radius 3 is 2.62 bits per heavy atom. The van der Waals surface area contributed by atoms with Gasteiger partial charge in [-0.25, -0.2) is 9.97 Å². The molecule has 2 aromatic rings. The van der Waals surface area contributed by atoms with E-state index in [0.717, 1.165) is 51.4 Å². The van der Waals surface area contributed by atoms with Gasteiger partial charge >= 0.3 is 0 Å². The molecule has 2 heterocycles. The van der Waals surface area contributed by atoms with E-state index in [4.69, 9.17) is 0 Å². The van der Waals surface area contributed by atoms with E-state index in [-0.39, 0.29) is 11.9 Å². The first-order valence-electron chi connectivity index (χ1n) is 7.55. The van der Waals surface area contributed by atoms with Crippen molar-refractivity contribution in [1.29, 1.82) is 0 Å². The van der Waals surface area contributed by atoms with Crippen LogP contribution in [0.15, 0.2) is 0 Å². The van der Waals surface area contributed by atoms with Crippen LogP contribution < -0.4 is 5.32 Å². The van der Waals surface area contributed by atoms with Crippen LogP contribution in [-0.4, -0.2) is 21.9 Å². The van der Waals surface area contributed by atoms with Crippen molar-refractivity contribution in [2.45, 2.75) is 59.9 Å². The lowest BCUT2D eigenvalue weighted by atomic mass is 10.1. The molecule has 21 heavy (non-hydrogen) atoms. The average Bonchev–Trinajstić information content (AvgIpc) is 2.76. The molecular weight excluding hydrogens is 282 g/mol. The lowest BCUT2D eigenvalue weighted by molar-refractivity contribution is 0.0942. The highest BCUT2D eigenvalue weighted by molar-refractivity contribution is 7.20. The predicted molar refractivity (Wildman–Crippen MR) is 88.1 cm³/mol. The third-order valence-electron chi connectivity index (χ3n) is 3.64. The number of carbonyl (C=O) groups excluding carboxylic acids is 1. The minimum Gasteiger partial charge on any atom is -0.349 e. The van der Waals surface area contributed by atoms with Gasteiger partial charge < -0.3 is 5.32 Å². The molecule has 0 saturated heterocycles. The van der Waals surface area contributed by atoms with Crippen LogP contribution in [-0.2, 0) is 6.42 Å². The summed E-state index contributed by atoms with van der Waals surface area (Å²) >= 11 is 1.47. The topological polar surface area (TPSA) is 54.9 Å². The van der Waals surface area contributed by atoms with E-state index >= 15 is 0 Å². The molecule has 0 aliphatic carbocycles. The summed E-state index contributed by atoms with van der Waals surface area (Å²) in [4.78, 5) is 23.2. The lowest BCUT2D eigenvalue weighted by Crippen LogP contribution is -2.32. The van der Waals surface area contributed by atoms with Crippen LogP contribution in [0.4, 0.5) is 0 Å². The third-order valence-corrected chi connectivity index (χ3v) is 4.82. The molecule has 1 atom stereocenters. The van der Waals surface area contributed by atoms with Crippen LogP contribution in [0.25, 0.3) is 10.2 Å². The molecule has 114 valence electrons. The van der Waals surface area contributed by atoms with Crippen molar-refractivity contribution in [3.63, 3.8) is 0 Å². The summed E-state index contributed by atoms with van der Waals surface area (Å²) in [6.45, 7) is 10.2. The zero-order valence-electron chi connectivity index (χ0n) is 13.4. The summed E-state index contributed by atoms with van der Waals surface area (Å²) in [5.74, 6) is 0.849. The molecule has 2 aromatic heterocycles. The van der Waals surface area contributed by atoms with E-state index in [9.17, 15) is 4.79 Å². The van der Waals surface area contributed by atoms with Crippen LogP contribution in [0.5, 0.6) is 0 Å². The van der Waals surface area contributed by atoms with E-state index < -0.39 is 0 Å². The number of aryl methyl sites for hydroxylation is 3. The number of hydrogen-bond acceptors (Lipinski definition) is 4. The second-order valence-electron chi connectivity index (χ2n) is 5.48. The van der Waals surface area contributed by atoms with Crippen LogP contribution in [0.2, 0.25) is 0 Å². The number of fused-ring (bicyclic) bond motifs is 1. The van der Waals surface area contributed by atoms with E-state index in [1.165, 1.54) is 11.3 Å². The minimum absolute atomic E-state index is 0.00824. The molecular formula is C16H23N3OS. The van der Waals surface area contributed by atoms with Crippen molar-refractivity contribution in [1.82, 2.24) is 15.3 Å². The number of amides is 1. The smallest absolute Gasteiger partial charge is 0.261 e. The molecule has 2 rings (SSSR count). The average molecular weight is 305 g/mol. The number of nitrogens with one attached hydrogen (secondary N) is 1. The zero-order valence-corrected chi connectivity index (χ0v) is 14.2. The lowest BCUT2D eigenvalue weighted by Gasteiger charge is -2.12. The van der Waals surface area contributed by atoms with Gasteiger partial charge in [0.05, 0.1) is 4.88 Å². The Kier molecular flexibility index (Phi) is 4.93. The molecule has 0 bridgehead atoms. The number of hydrogen-bond donors (Lipinski definition) is 1. The van der Waals surface area contributed by atoms with Gasteiger partial charge in [0.15, 0.2) is 0 Å². The maximum Gasteiger partial charge on any atom is 0.261 e. The van der Waals surface area contributed by atoms with Crippen LogP contribution in [0.1, 0.15) is 60.4 Å². The van der Waals surface area contributed by atoms with Crippen molar-refractivity contribution < 1.29 is 4.79 Å². The van der Waals surface area contributed by atoms with Gasteiger partial charge in [-0.3, -0.25) is 4.79 Å². The van der Waals surface area contributed by atoms with Gasteiger partial charge in [0.25, 0.3) is 5.91 Å². The maximum absolute atomic E-state index is 12.4. The summed E-state index contributed by atoms with van der Waals surface area (Å²) < 4.78 is 0. The van der Waals surface area contributed by atoms with E-state index in [1.54, 1.807) is 0 Å². The zero-order chi connectivity index (χ0) is 15.6. The first-order valence-corrected chi connectivity index (χ1v) is 8.37. The normalized spacial score (nSPS) is 12.6. The van der Waals surface area contributed by atoms with Gasteiger partial charge in [-0.15, -0.1) is 11.3 Å². The monoisotopic (exact) mass is 305 g/mol. The van der Waals surface area contributed by atoms with Gasteiger partial charge in [0, 0.05) is 23.5 Å². The molecule has 0 aliphatic heterocycles. The third kappa shape index (κ3) is 3.23. The Morgan fingerprint density at radius 2 is 2.00 bits per heavy atom. The van der Waals surface area contributed by atoms with E-state index in [1.807, 2.05) is 27.7 Å². The van der Waals surface area contributed by atoms with Gasteiger partial charge in [-0.1, -0.05) is 20.3 Å². The molecule has 0 unspecified atom stereocenters. The number of aromatic nitrogens is 2. The first kappa shape index (κ1) is 15.9. The molecule has 0 saturated carbocycles. The number of nitrogens with zero attached hydrogens (tertiary/aromatic N) is 2. The molecule has 0 aliphatic rings. The summed E-state index contributed by atoms with van der Waals surface area (Å²) in [5.41, 5.74) is 1.96. The Bertz CT molecular complexity index is 663. The van der Waals surface area contributed by atoms with Gasteiger partial charge in [0.1, 0.15) is 10.7 Å². The van der Waals surface area contributed by atoms with Crippen molar-refractivity contribution in [2.75, 3.05) is 0 Å². The van der Waals surface area contributed by atoms with Crippen molar-refractivity contribution >= 4 is 27.5 Å².